The molecule has 0 aromatic heterocycles. The fraction of sp³-hybridized carbons (Fsp3) is 0.588. The number of rotatable bonds is 3. The van der Waals surface area contributed by atoms with Crippen molar-refractivity contribution in [2.75, 3.05) is 26.2 Å². The first-order valence-corrected chi connectivity index (χ1v) is 8.06. The van der Waals surface area contributed by atoms with Gasteiger partial charge in [0.25, 0.3) is 0 Å². The van der Waals surface area contributed by atoms with Gasteiger partial charge in [-0.25, -0.2) is 8.78 Å². The smallest absolute Gasteiger partial charge is 0.222 e. The largest absolute Gasteiger partial charge is 0.343 e. The third-order valence-corrected chi connectivity index (χ3v) is 5.01. The van der Waals surface area contributed by atoms with Crippen molar-refractivity contribution in [2.24, 2.45) is 11.8 Å². The number of nitrogens with zero attached hydrogens (tertiary/aromatic N) is 1. The standard InChI is InChI=1S/C17H22F2N2O.ClH/c18-15-3-1-2-12(17(15)19)4-5-16(22)21-8-6-13-10-20-11-14(13)7-9-21;/h1-3,13-14,20H,4-11H2;1H/t13-,14+;. The van der Waals surface area contributed by atoms with Crippen molar-refractivity contribution in [1.29, 1.82) is 0 Å². The number of amides is 1. The Morgan fingerprint density at radius 3 is 2.48 bits per heavy atom. The Kier molecular flexibility index (Phi) is 6.36. The molecule has 3 rings (SSSR count). The zero-order valence-electron chi connectivity index (χ0n) is 13.1. The van der Waals surface area contributed by atoms with E-state index in [-0.39, 0.29) is 36.7 Å². The first-order valence-electron chi connectivity index (χ1n) is 8.06. The third kappa shape index (κ3) is 4.21. The molecule has 2 aliphatic rings. The number of aryl methyl sites for hydroxylation is 1. The number of fused-ring (bicyclic) bond motifs is 1. The SMILES string of the molecule is Cl.O=C(CCc1cccc(F)c1F)N1CC[C@@H]2CNC[C@@H]2CC1. The second-order valence-corrected chi connectivity index (χ2v) is 6.35. The summed E-state index contributed by atoms with van der Waals surface area (Å²) in [6, 6.07) is 4.13. The Morgan fingerprint density at radius 1 is 1.17 bits per heavy atom. The molecular formula is C17H23ClF2N2O. The molecule has 2 fully saturated rings. The molecule has 2 saturated heterocycles. The molecule has 2 atom stereocenters. The van der Waals surface area contributed by atoms with Crippen LogP contribution >= 0.6 is 12.4 Å². The first-order chi connectivity index (χ1) is 10.6. The van der Waals surface area contributed by atoms with Crippen molar-refractivity contribution in [3.63, 3.8) is 0 Å². The zero-order valence-corrected chi connectivity index (χ0v) is 13.9. The molecule has 2 heterocycles. The maximum Gasteiger partial charge on any atom is 0.222 e. The van der Waals surface area contributed by atoms with Gasteiger partial charge in [-0.3, -0.25) is 4.79 Å². The molecule has 1 aromatic rings. The van der Waals surface area contributed by atoms with Crippen LogP contribution in [0, 0.1) is 23.5 Å². The van der Waals surface area contributed by atoms with E-state index in [2.05, 4.69) is 5.32 Å². The fourth-order valence-electron chi connectivity index (χ4n) is 3.61. The monoisotopic (exact) mass is 344 g/mol. The van der Waals surface area contributed by atoms with E-state index < -0.39 is 11.6 Å². The lowest BCUT2D eigenvalue weighted by Gasteiger charge is -2.21. The van der Waals surface area contributed by atoms with Gasteiger partial charge in [0.15, 0.2) is 11.6 Å². The average molecular weight is 345 g/mol. The molecule has 0 bridgehead atoms. The number of carbonyl (C=O) groups excluding carboxylic acids is 1. The highest BCUT2D eigenvalue weighted by Crippen LogP contribution is 2.27. The highest BCUT2D eigenvalue weighted by atomic mass is 35.5. The van der Waals surface area contributed by atoms with Gasteiger partial charge in [0.05, 0.1) is 0 Å². The van der Waals surface area contributed by atoms with Gasteiger partial charge in [-0.15, -0.1) is 12.4 Å². The number of hydrogen-bond donors (Lipinski definition) is 1. The maximum atomic E-state index is 13.6. The molecule has 3 nitrogen and oxygen atoms in total. The van der Waals surface area contributed by atoms with Crippen LogP contribution in [0.1, 0.15) is 24.8 Å². The highest BCUT2D eigenvalue weighted by Gasteiger charge is 2.31. The van der Waals surface area contributed by atoms with Crippen LogP contribution in [0.5, 0.6) is 0 Å². The number of carbonyl (C=O) groups is 1. The Bertz CT molecular complexity index is 541. The lowest BCUT2D eigenvalue weighted by Crippen LogP contribution is -2.33. The molecule has 0 unspecified atom stereocenters. The maximum absolute atomic E-state index is 13.6. The van der Waals surface area contributed by atoms with E-state index >= 15 is 0 Å². The van der Waals surface area contributed by atoms with Crippen LogP contribution in [-0.2, 0) is 11.2 Å². The molecule has 6 heteroatoms. The summed E-state index contributed by atoms with van der Waals surface area (Å²) >= 11 is 0. The van der Waals surface area contributed by atoms with Crippen LogP contribution in [0.2, 0.25) is 0 Å². The molecule has 0 aliphatic carbocycles. The van der Waals surface area contributed by atoms with Gasteiger partial charge < -0.3 is 10.2 Å². The van der Waals surface area contributed by atoms with E-state index in [0.717, 1.165) is 45.1 Å². The molecule has 0 saturated carbocycles. The quantitative estimate of drug-likeness (QED) is 0.914. The van der Waals surface area contributed by atoms with Gasteiger partial charge in [-0.1, -0.05) is 12.1 Å². The van der Waals surface area contributed by atoms with Crippen LogP contribution in [-0.4, -0.2) is 37.0 Å². The van der Waals surface area contributed by atoms with Gasteiger partial charge >= 0.3 is 0 Å². The van der Waals surface area contributed by atoms with Gasteiger partial charge in [-0.05, 0) is 55.8 Å². The summed E-state index contributed by atoms with van der Waals surface area (Å²) in [5.41, 5.74) is 0.282. The van der Waals surface area contributed by atoms with Gasteiger partial charge in [-0.2, -0.15) is 0 Å². The third-order valence-electron chi connectivity index (χ3n) is 5.01. The number of hydrogen-bond acceptors (Lipinski definition) is 2. The Labute approximate surface area is 141 Å². The second kappa shape index (κ2) is 8.06. The van der Waals surface area contributed by atoms with E-state index in [9.17, 15) is 13.6 Å². The van der Waals surface area contributed by atoms with Crippen molar-refractivity contribution in [2.45, 2.75) is 25.7 Å². The van der Waals surface area contributed by atoms with E-state index in [0.29, 0.717) is 11.8 Å². The van der Waals surface area contributed by atoms with Crippen LogP contribution in [0.15, 0.2) is 18.2 Å². The number of halogens is 3. The number of likely N-dealkylation sites (tertiary alicyclic amines) is 1. The first kappa shape index (κ1) is 18.1. The van der Waals surface area contributed by atoms with E-state index in [1.165, 1.54) is 6.07 Å². The topological polar surface area (TPSA) is 32.3 Å². The lowest BCUT2D eigenvalue weighted by atomic mass is 9.92. The minimum atomic E-state index is -0.847. The molecular weight excluding hydrogens is 322 g/mol. The Morgan fingerprint density at radius 2 is 1.83 bits per heavy atom. The second-order valence-electron chi connectivity index (χ2n) is 6.35. The van der Waals surface area contributed by atoms with Gasteiger partial charge in [0, 0.05) is 19.5 Å². The van der Waals surface area contributed by atoms with Crippen molar-refractivity contribution in [3.05, 3.63) is 35.4 Å². The average Bonchev–Trinajstić information content (AvgIpc) is 2.87. The summed E-state index contributed by atoms with van der Waals surface area (Å²) in [5.74, 6) is -0.264. The Balaban J connectivity index is 0.00000192. The summed E-state index contributed by atoms with van der Waals surface area (Å²) in [5, 5.41) is 3.41. The number of nitrogens with one attached hydrogen (secondary N) is 1. The van der Waals surface area contributed by atoms with E-state index in [1.54, 1.807) is 6.07 Å². The predicted octanol–water partition coefficient (Wildman–Crippen LogP) is 2.78. The predicted molar refractivity (Wildman–Crippen MR) is 87.6 cm³/mol. The summed E-state index contributed by atoms with van der Waals surface area (Å²) in [7, 11) is 0. The molecule has 1 amide bonds. The van der Waals surface area contributed by atoms with Crippen molar-refractivity contribution < 1.29 is 13.6 Å². The summed E-state index contributed by atoms with van der Waals surface area (Å²) in [4.78, 5) is 14.2. The lowest BCUT2D eigenvalue weighted by molar-refractivity contribution is -0.131. The molecule has 128 valence electrons. The Hall–Kier alpha value is -1.20. The van der Waals surface area contributed by atoms with Gasteiger partial charge in [0.2, 0.25) is 5.91 Å². The van der Waals surface area contributed by atoms with Crippen LogP contribution in [0.3, 0.4) is 0 Å². The van der Waals surface area contributed by atoms with Crippen LogP contribution in [0.4, 0.5) is 8.78 Å². The molecule has 0 spiro atoms. The van der Waals surface area contributed by atoms with Crippen LogP contribution < -0.4 is 5.32 Å². The van der Waals surface area contributed by atoms with Crippen molar-refractivity contribution in [3.8, 4) is 0 Å². The molecule has 0 radical (unpaired) electrons. The minimum Gasteiger partial charge on any atom is -0.343 e. The summed E-state index contributed by atoms with van der Waals surface area (Å²) in [6.07, 6.45) is 2.58. The molecule has 23 heavy (non-hydrogen) atoms. The normalized spacial score (nSPS) is 23.8. The van der Waals surface area contributed by atoms with Crippen molar-refractivity contribution >= 4 is 18.3 Å². The fourth-order valence-corrected chi connectivity index (χ4v) is 3.61. The highest BCUT2D eigenvalue weighted by molar-refractivity contribution is 5.85. The molecule has 2 aliphatic heterocycles. The van der Waals surface area contributed by atoms with E-state index in [1.807, 2.05) is 4.90 Å². The summed E-state index contributed by atoms with van der Waals surface area (Å²) < 4.78 is 26.8. The zero-order chi connectivity index (χ0) is 15.5. The van der Waals surface area contributed by atoms with Crippen LogP contribution in [0.25, 0.3) is 0 Å². The van der Waals surface area contributed by atoms with E-state index in [4.69, 9.17) is 0 Å². The van der Waals surface area contributed by atoms with Crippen molar-refractivity contribution in [1.82, 2.24) is 10.2 Å². The summed E-state index contributed by atoms with van der Waals surface area (Å²) in [6.45, 7) is 3.68. The molecule has 1 aromatic carbocycles. The number of benzene rings is 1. The molecule has 1 N–H and O–H groups in total. The van der Waals surface area contributed by atoms with Gasteiger partial charge in [0.1, 0.15) is 0 Å². The minimum absolute atomic E-state index is 0.